The van der Waals surface area contributed by atoms with Gasteiger partial charge >= 0.3 is 0 Å². The van der Waals surface area contributed by atoms with Gasteiger partial charge in [-0.25, -0.2) is 13.1 Å². The van der Waals surface area contributed by atoms with Crippen LogP contribution in [-0.2, 0) is 10.0 Å². The molecule has 1 N–H and O–H groups in total. The van der Waals surface area contributed by atoms with E-state index in [1.807, 2.05) is 0 Å². The van der Waals surface area contributed by atoms with Crippen molar-refractivity contribution >= 4 is 33.2 Å². The van der Waals surface area contributed by atoms with Crippen molar-refractivity contribution in [3.8, 4) is 0 Å². The Bertz CT molecular complexity index is 533. The van der Waals surface area contributed by atoms with E-state index in [1.165, 1.54) is 12.1 Å². The number of benzene rings is 1. The number of hydrogen-bond donors (Lipinski definition) is 1. The third kappa shape index (κ3) is 4.09. The summed E-state index contributed by atoms with van der Waals surface area (Å²) in [6.07, 6.45) is 4.19. The molecule has 106 valence electrons. The minimum atomic E-state index is -3.50. The van der Waals surface area contributed by atoms with Crippen molar-refractivity contribution in [1.82, 2.24) is 4.72 Å². The molecule has 19 heavy (non-hydrogen) atoms. The maximum Gasteiger partial charge on any atom is 0.240 e. The van der Waals surface area contributed by atoms with Crippen molar-refractivity contribution in [2.75, 3.05) is 6.54 Å². The van der Waals surface area contributed by atoms with Gasteiger partial charge in [-0.3, -0.25) is 0 Å². The highest BCUT2D eigenvalue weighted by Gasteiger charge is 2.25. The van der Waals surface area contributed by atoms with Crippen LogP contribution in [0.3, 0.4) is 0 Å². The van der Waals surface area contributed by atoms with Gasteiger partial charge in [0, 0.05) is 16.9 Å². The van der Waals surface area contributed by atoms with Crippen LogP contribution < -0.4 is 4.72 Å². The Morgan fingerprint density at radius 1 is 1.26 bits per heavy atom. The van der Waals surface area contributed by atoms with Crippen molar-refractivity contribution in [3.05, 3.63) is 29.3 Å². The van der Waals surface area contributed by atoms with E-state index in [2.05, 4.69) is 4.72 Å². The normalized spacial score (nSPS) is 24.3. The molecule has 3 nitrogen and oxygen atoms in total. The Hall–Kier alpha value is -0.290. The van der Waals surface area contributed by atoms with E-state index in [9.17, 15) is 8.42 Å². The zero-order chi connectivity index (χ0) is 13.9. The molecular formula is C13H17Cl2NO2S. The molecule has 0 heterocycles. The average Bonchev–Trinajstić information content (AvgIpc) is 2.38. The molecule has 0 aromatic heterocycles. The lowest BCUT2D eigenvalue weighted by molar-refractivity contribution is 0.364. The Balaban J connectivity index is 2.01. The molecule has 0 radical (unpaired) electrons. The SMILES string of the molecule is O=S(=O)(NCC1CCCCC1Cl)c1cccc(Cl)c1. The van der Waals surface area contributed by atoms with Crippen molar-refractivity contribution in [3.63, 3.8) is 0 Å². The molecule has 2 atom stereocenters. The molecule has 2 unspecified atom stereocenters. The summed E-state index contributed by atoms with van der Waals surface area (Å²) in [4.78, 5) is 0.196. The Kier molecular flexibility index (Phi) is 5.12. The van der Waals surface area contributed by atoms with Gasteiger partial charge in [-0.15, -0.1) is 11.6 Å². The summed E-state index contributed by atoms with van der Waals surface area (Å²) in [7, 11) is -3.50. The minimum Gasteiger partial charge on any atom is -0.211 e. The second-order valence-corrected chi connectivity index (χ2v) is 7.63. The van der Waals surface area contributed by atoms with Crippen molar-refractivity contribution in [2.24, 2.45) is 5.92 Å². The fraction of sp³-hybridized carbons (Fsp3) is 0.538. The zero-order valence-corrected chi connectivity index (χ0v) is 12.8. The first-order chi connectivity index (χ1) is 8.99. The first-order valence-corrected chi connectivity index (χ1v) is 8.68. The van der Waals surface area contributed by atoms with E-state index in [0.717, 1.165) is 25.7 Å². The van der Waals surface area contributed by atoms with Crippen LogP contribution in [0.15, 0.2) is 29.2 Å². The van der Waals surface area contributed by atoms with Crippen LogP contribution in [0, 0.1) is 5.92 Å². The molecule has 0 aliphatic heterocycles. The van der Waals surface area contributed by atoms with Crippen LogP contribution in [0.25, 0.3) is 0 Å². The van der Waals surface area contributed by atoms with Gasteiger partial charge in [-0.1, -0.05) is 30.5 Å². The fourth-order valence-corrected chi connectivity index (χ4v) is 4.09. The molecule has 0 spiro atoms. The van der Waals surface area contributed by atoms with E-state index >= 15 is 0 Å². The summed E-state index contributed by atoms with van der Waals surface area (Å²) in [6, 6.07) is 6.26. The average molecular weight is 322 g/mol. The van der Waals surface area contributed by atoms with Crippen molar-refractivity contribution in [1.29, 1.82) is 0 Å². The summed E-state index contributed by atoms with van der Waals surface area (Å²) in [6.45, 7) is 0.392. The molecule has 0 bridgehead atoms. The highest BCUT2D eigenvalue weighted by atomic mass is 35.5. The molecule has 6 heteroatoms. The number of sulfonamides is 1. The molecule has 1 aromatic rings. The van der Waals surface area contributed by atoms with Crippen LogP contribution in [0.4, 0.5) is 0 Å². The van der Waals surface area contributed by atoms with Crippen LogP contribution in [0.1, 0.15) is 25.7 Å². The standard InChI is InChI=1S/C13H17Cl2NO2S/c14-11-5-3-6-12(8-11)19(17,18)16-9-10-4-1-2-7-13(10)15/h3,5-6,8,10,13,16H,1-2,4,7,9H2. The quantitative estimate of drug-likeness (QED) is 0.864. The number of alkyl halides is 1. The summed E-state index contributed by atoms with van der Waals surface area (Å²) < 4.78 is 26.9. The van der Waals surface area contributed by atoms with Gasteiger partial charge in [0.25, 0.3) is 0 Å². The van der Waals surface area contributed by atoms with Gasteiger partial charge < -0.3 is 0 Å². The number of rotatable bonds is 4. The second-order valence-electron chi connectivity index (χ2n) is 4.87. The van der Waals surface area contributed by atoms with Crippen LogP contribution in [-0.4, -0.2) is 20.3 Å². The van der Waals surface area contributed by atoms with Crippen molar-refractivity contribution in [2.45, 2.75) is 36.0 Å². The topological polar surface area (TPSA) is 46.2 Å². The lowest BCUT2D eigenvalue weighted by Gasteiger charge is -2.27. The van der Waals surface area contributed by atoms with E-state index < -0.39 is 10.0 Å². The van der Waals surface area contributed by atoms with E-state index in [1.54, 1.807) is 12.1 Å². The third-order valence-corrected chi connectivity index (χ3v) is 5.69. The van der Waals surface area contributed by atoms with Gasteiger partial charge in [0.1, 0.15) is 0 Å². The lowest BCUT2D eigenvalue weighted by atomic mass is 9.89. The van der Waals surface area contributed by atoms with Gasteiger partial charge in [0.15, 0.2) is 0 Å². The van der Waals surface area contributed by atoms with Gasteiger partial charge in [-0.2, -0.15) is 0 Å². The van der Waals surface area contributed by atoms with E-state index in [-0.39, 0.29) is 16.2 Å². The zero-order valence-electron chi connectivity index (χ0n) is 10.5. The largest absolute Gasteiger partial charge is 0.240 e. The third-order valence-electron chi connectivity index (χ3n) is 3.46. The molecule has 1 aliphatic carbocycles. The summed E-state index contributed by atoms with van der Waals surface area (Å²) in [5, 5.41) is 0.478. The van der Waals surface area contributed by atoms with Crippen LogP contribution in [0.2, 0.25) is 5.02 Å². The number of hydrogen-bond acceptors (Lipinski definition) is 2. The summed E-state index contributed by atoms with van der Waals surface area (Å²) >= 11 is 12.0. The highest BCUT2D eigenvalue weighted by molar-refractivity contribution is 7.89. The van der Waals surface area contributed by atoms with Gasteiger partial charge in [0.2, 0.25) is 10.0 Å². The van der Waals surface area contributed by atoms with Crippen LogP contribution in [0.5, 0.6) is 0 Å². The Labute approximate surface area is 124 Å². The maximum atomic E-state index is 12.1. The highest BCUT2D eigenvalue weighted by Crippen LogP contribution is 2.28. The summed E-state index contributed by atoms with van der Waals surface area (Å²) in [5.74, 6) is 0.212. The van der Waals surface area contributed by atoms with Crippen LogP contribution >= 0.6 is 23.2 Å². The molecular weight excluding hydrogens is 305 g/mol. The Morgan fingerprint density at radius 3 is 2.68 bits per heavy atom. The molecule has 1 aliphatic rings. The monoisotopic (exact) mass is 321 g/mol. The fourth-order valence-electron chi connectivity index (χ4n) is 2.33. The number of halogens is 2. The van der Waals surface area contributed by atoms with Gasteiger partial charge in [0.05, 0.1) is 4.90 Å². The van der Waals surface area contributed by atoms with E-state index in [0.29, 0.717) is 11.6 Å². The molecule has 0 amide bonds. The van der Waals surface area contributed by atoms with Crippen molar-refractivity contribution < 1.29 is 8.42 Å². The Morgan fingerprint density at radius 2 is 2.00 bits per heavy atom. The number of nitrogens with one attached hydrogen (secondary N) is 1. The molecule has 0 saturated heterocycles. The lowest BCUT2D eigenvalue weighted by Crippen LogP contribution is -2.34. The smallest absolute Gasteiger partial charge is 0.211 e. The predicted octanol–water partition coefficient (Wildman–Crippen LogP) is 3.42. The molecule has 2 rings (SSSR count). The summed E-state index contributed by atoms with van der Waals surface area (Å²) in [5.41, 5.74) is 0. The first kappa shape index (κ1) is 15.1. The van der Waals surface area contributed by atoms with Gasteiger partial charge in [-0.05, 0) is 37.0 Å². The molecule has 1 aromatic carbocycles. The maximum absolute atomic E-state index is 12.1. The minimum absolute atomic E-state index is 0.0656. The first-order valence-electron chi connectivity index (χ1n) is 6.38. The second kappa shape index (κ2) is 6.44. The molecule has 1 saturated carbocycles. The predicted molar refractivity (Wildman–Crippen MR) is 78.2 cm³/mol. The molecule has 1 fully saturated rings. The van der Waals surface area contributed by atoms with E-state index in [4.69, 9.17) is 23.2 Å².